The van der Waals surface area contributed by atoms with E-state index in [0.717, 1.165) is 17.1 Å². The first kappa shape index (κ1) is 30.4. The maximum atomic E-state index is 2.41. The molecule has 0 aliphatic heterocycles. The Morgan fingerprint density at radius 2 is 0.784 bits per heavy atom. The third-order valence-corrected chi connectivity index (χ3v) is 9.85. The fourth-order valence-corrected chi connectivity index (χ4v) is 7.45. The zero-order valence-electron chi connectivity index (χ0n) is 28.2. The van der Waals surface area contributed by atoms with Crippen LogP contribution < -0.4 is 4.90 Å². The molecule has 0 spiro atoms. The highest BCUT2D eigenvalue weighted by atomic mass is 15.1. The lowest BCUT2D eigenvalue weighted by atomic mass is 9.87. The fourth-order valence-electron chi connectivity index (χ4n) is 7.45. The van der Waals surface area contributed by atoms with Crippen LogP contribution in [0.2, 0.25) is 0 Å². The van der Waals surface area contributed by atoms with Crippen molar-refractivity contribution in [1.29, 1.82) is 0 Å². The first-order chi connectivity index (χ1) is 25.3. The lowest BCUT2D eigenvalue weighted by molar-refractivity contribution is 1.28. The molecule has 0 bridgehead atoms. The summed E-state index contributed by atoms with van der Waals surface area (Å²) in [6.45, 7) is 0. The van der Waals surface area contributed by atoms with Crippen LogP contribution in [0.4, 0.5) is 17.1 Å². The standard InChI is InChI=1S/C50H35N/c1-4-16-36(17-5-1)38-30-32-43(33-31-38)51(42-23-8-3-9-24-42)49-29-15-28-47(50(49)41-22-14-21-39(34-41)37-18-6-2-7-19-37)48-35-40-20-10-11-25-44(40)45-26-12-13-27-46(45)48/h1-35H. The Morgan fingerprint density at radius 3 is 1.51 bits per heavy atom. The summed E-state index contributed by atoms with van der Waals surface area (Å²) in [6.07, 6.45) is 0. The first-order valence-corrected chi connectivity index (χ1v) is 17.5. The van der Waals surface area contributed by atoms with E-state index in [0.29, 0.717) is 0 Å². The van der Waals surface area contributed by atoms with Gasteiger partial charge in [0.25, 0.3) is 0 Å². The minimum atomic E-state index is 1.10. The molecule has 1 nitrogen and oxygen atoms in total. The second-order valence-corrected chi connectivity index (χ2v) is 12.9. The quantitative estimate of drug-likeness (QED) is 0.155. The molecule has 0 aromatic heterocycles. The number of rotatable bonds is 7. The molecule has 51 heavy (non-hydrogen) atoms. The molecule has 0 N–H and O–H groups in total. The van der Waals surface area contributed by atoms with Crippen LogP contribution in [0.25, 0.3) is 66.1 Å². The summed E-state index contributed by atoms with van der Waals surface area (Å²) in [5.41, 5.74) is 12.9. The highest BCUT2D eigenvalue weighted by Gasteiger charge is 2.22. The Balaban J connectivity index is 1.33. The normalized spacial score (nSPS) is 11.1. The molecule has 0 amide bonds. The molecule has 0 atom stereocenters. The molecule has 0 radical (unpaired) electrons. The van der Waals surface area contributed by atoms with Crippen molar-refractivity contribution in [1.82, 2.24) is 0 Å². The van der Waals surface area contributed by atoms with Gasteiger partial charge in [0.05, 0.1) is 5.69 Å². The van der Waals surface area contributed by atoms with Crippen LogP contribution in [0, 0.1) is 0 Å². The van der Waals surface area contributed by atoms with E-state index < -0.39 is 0 Å². The smallest absolute Gasteiger partial charge is 0.0546 e. The van der Waals surface area contributed by atoms with Crippen molar-refractivity contribution in [2.45, 2.75) is 0 Å². The molecule has 240 valence electrons. The van der Waals surface area contributed by atoms with Crippen molar-refractivity contribution in [3.63, 3.8) is 0 Å². The molecule has 0 heterocycles. The van der Waals surface area contributed by atoms with Gasteiger partial charge in [0.1, 0.15) is 0 Å². The summed E-state index contributed by atoms with van der Waals surface area (Å²) in [5.74, 6) is 0. The zero-order valence-corrected chi connectivity index (χ0v) is 28.2. The second kappa shape index (κ2) is 13.3. The predicted octanol–water partition coefficient (Wildman–Crippen LogP) is 14.1. The van der Waals surface area contributed by atoms with Crippen molar-refractivity contribution >= 4 is 38.6 Å². The molecule has 9 aromatic carbocycles. The van der Waals surface area contributed by atoms with E-state index in [1.807, 2.05) is 0 Å². The third-order valence-electron chi connectivity index (χ3n) is 9.85. The maximum absolute atomic E-state index is 2.41. The van der Waals surface area contributed by atoms with Crippen LogP contribution in [-0.4, -0.2) is 0 Å². The van der Waals surface area contributed by atoms with Gasteiger partial charge in [-0.1, -0.05) is 170 Å². The molecule has 0 saturated heterocycles. The van der Waals surface area contributed by atoms with Crippen molar-refractivity contribution in [3.05, 3.63) is 212 Å². The largest absolute Gasteiger partial charge is 0.310 e. The highest BCUT2D eigenvalue weighted by molar-refractivity contribution is 6.15. The van der Waals surface area contributed by atoms with Crippen LogP contribution in [0.1, 0.15) is 0 Å². The van der Waals surface area contributed by atoms with E-state index in [9.17, 15) is 0 Å². The summed E-state index contributed by atoms with van der Waals surface area (Å²) in [4.78, 5) is 2.41. The molecule has 0 aliphatic carbocycles. The van der Waals surface area contributed by atoms with E-state index >= 15 is 0 Å². The topological polar surface area (TPSA) is 3.24 Å². The van der Waals surface area contributed by atoms with Gasteiger partial charge in [0.15, 0.2) is 0 Å². The van der Waals surface area contributed by atoms with Gasteiger partial charge in [-0.2, -0.15) is 0 Å². The van der Waals surface area contributed by atoms with Gasteiger partial charge < -0.3 is 4.90 Å². The number of para-hydroxylation sites is 1. The molecule has 0 saturated carbocycles. The number of benzene rings is 9. The monoisotopic (exact) mass is 649 g/mol. The van der Waals surface area contributed by atoms with Gasteiger partial charge in [0.2, 0.25) is 0 Å². The predicted molar refractivity (Wildman–Crippen MR) is 218 cm³/mol. The summed E-state index contributed by atoms with van der Waals surface area (Å²) in [7, 11) is 0. The average Bonchev–Trinajstić information content (AvgIpc) is 3.22. The average molecular weight is 650 g/mol. The molecular formula is C50H35N. The van der Waals surface area contributed by atoms with E-state index in [1.165, 1.54) is 66.1 Å². The Morgan fingerprint density at radius 1 is 0.275 bits per heavy atom. The Labute approximate surface area is 299 Å². The minimum absolute atomic E-state index is 1.10. The van der Waals surface area contributed by atoms with Gasteiger partial charge >= 0.3 is 0 Å². The number of hydrogen-bond donors (Lipinski definition) is 0. The molecule has 9 rings (SSSR count). The van der Waals surface area contributed by atoms with Crippen molar-refractivity contribution in [3.8, 4) is 44.5 Å². The minimum Gasteiger partial charge on any atom is -0.310 e. The highest BCUT2D eigenvalue weighted by Crippen LogP contribution is 2.48. The molecular weight excluding hydrogens is 615 g/mol. The maximum Gasteiger partial charge on any atom is 0.0546 e. The van der Waals surface area contributed by atoms with Crippen LogP contribution >= 0.6 is 0 Å². The molecule has 9 aromatic rings. The summed E-state index contributed by atoms with van der Waals surface area (Å²) in [6, 6.07) is 76.7. The Kier molecular flexibility index (Phi) is 7.92. The fraction of sp³-hybridized carbons (Fsp3) is 0. The second-order valence-electron chi connectivity index (χ2n) is 12.9. The Bertz CT molecular complexity index is 2610. The van der Waals surface area contributed by atoms with Crippen molar-refractivity contribution in [2.75, 3.05) is 4.90 Å². The number of nitrogens with zero attached hydrogens (tertiary/aromatic N) is 1. The lowest BCUT2D eigenvalue weighted by Crippen LogP contribution is -2.11. The molecule has 0 fully saturated rings. The lowest BCUT2D eigenvalue weighted by Gasteiger charge is -2.29. The van der Waals surface area contributed by atoms with E-state index in [4.69, 9.17) is 0 Å². The van der Waals surface area contributed by atoms with Crippen molar-refractivity contribution < 1.29 is 0 Å². The third kappa shape index (κ3) is 5.75. The van der Waals surface area contributed by atoms with E-state index in [1.54, 1.807) is 0 Å². The Hall–Kier alpha value is -6.70. The van der Waals surface area contributed by atoms with Crippen LogP contribution in [0.3, 0.4) is 0 Å². The van der Waals surface area contributed by atoms with Gasteiger partial charge in [-0.05, 0) is 103 Å². The first-order valence-electron chi connectivity index (χ1n) is 17.5. The van der Waals surface area contributed by atoms with Gasteiger partial charge in [-0.15, -0.1) is 0 Å². The van der Waals surface area contributed by atoms with Gasteiger partial charge in [-0.3, -0.25) is 0 Å². The summed E-state index contributed by atoms with van der Waals surface area (Å²) >= 11 is 0. The SMILES string of the molecule is c1ccc(-c2ccc(N(c3ccccc3)c3cccc(-c4cc5ccccc5c5ccccc45)c3-c3cccc(-c4ccccc4)c3)cc2)cc1. The molecule has 0 unspecified atom stereocenters. The zero-order chi connectivity index (χ0) is 34.0. The van der Waals surface area contributed by atoms with Gasteiger partial charge in [0, 0.05) is 16.9 Å². The van der Waals surface area contributed by atoms with E-state index in [2.05, 4.69) is 217 Å². The molecule has 0 aliphatic rings. The van der Waals surface area contributed by atoms with Crippen LogP contribution in [0.15, 0.2) is 212 Å². The number of anilines is 3. The van der Waals surface area contributed by atoms with Gasteiger partial charge in [-0.25, -0.2) is 0 Å². The summed E-state index contributed by atoms with van der Waals surface area (Å²) < 4.78 is 0. The van der Waals surface area contributed by atoms with Crippen LogP contribution in [-0.2, 0) is 0 Å². The summed E-state index contributed by atoms with van der Waals surface area (Å²) in [5, 5.41) is 5.01. The van der Waals surface area contributed by atoms with Crippen LogP contribution in [0.5, 0.6) is 0 Å². The number of fused-ring (bicyclic) bond motifs is 3. The van der Waals surface area contributed by atoms with Crippen molar-refractivity contribution in [2.24, 2.45) is 0 Å². The van der Waals surface area contributed by atoms with E-state index in [-0.39, 0.29) is 0 Å². The number of hydrogen-bond acceptors (Lipinski definition) is 1. The molecule has 1 heteroatoms.